The van der Waals surface area contributed by atoms with Gasteiger partial charge in [0.25, 0.3) is 0 Å². The molecule has 2 aromatic carbocycles. The van der Waals surface area contributed by atoms with Crippen molar-refractivity contribution in [3.05, 3.63) is 60.2 Å². The zero-order valence-corrected chi connectivity index (χ0v) is 12.1. The van der Waals surface area contributed by atoms with Crippen LogP contribution >= 0.6 is 0 Å². The molecule has 1 unspecified atom stereocenters. The van der Waals surface area contributed by atoms with Crippen LogP contribution in [0.15, 0.2) is 54.6 Å². The molecule has 4 heteroatoms. The second-order valence-corrected chi connectivity index (χ2v) is 4.72. The van der Waals surface area contributed by atoms with Crippen LogP contribution in [0.3, 0.4) is 0 Å². The molecule has 0 saturated carbocycles. The highest BCUT2D eigenvalue weighted by Crippen LogP contribution is 2.20. The standard InChI is InChI=1S/C17H20N2O2/c1-2-16(17(18)19)21-15-10-8-14(9-11-15)20-12-13-6-4-3-5-7-13/h3-11,16H,2,12H2,1H3,(H3,18,19). The van der Waals surface area contributed by atoms with Gasteiger partial charge in [0.1, 0.15) is 23.9 Å². The fourth-order valence-electron chi connectivity index (χ4n) is 1.89. The fourth-order valence-corrected chi connectivity index (χ4v) is 1.89. The van der Waals surface area contributed by atoms with Crippen molar-refractivity contribution in [1.82, 2.24) is 0 Å². The van der Waals surface area contributed by atoms with Crippen LogP contribution in [-0.4, -0.2) is 11.9 Å². The molecule has 0 fully saturated rings. The molecule has 21 heavy (non-hydrogen) atoms. The van der Waals surface area contributed by atoms with Gasteiger partial charge in [-0.2, -0.15) is 0 Å². The molecule has 0 spiro atoms. The van der Waals surface area contributed by atoms with E-state index in [1.807, 2.05) is 61.5 Å². The van der Waals surface area contributed by atoms with E-state index < -0.39 is 0 Å². The zero-order chi connectivity index (χ0) is 15.1. The number of hydrogen-bond acceptors (Lipinski definition) is 3. The largest absolute Gasteiger partial charge is 0.489 e. The van der Waals surface area contributed by atoms with Gasteiger partial charge in [0.2, 0.25) is 0 Å². The molecule has 0 saturated heterocycles. The third kappa shape index (κ3) is 4.53. The third-order valence-electron chi connectivity index (χ3n) is 3.07. The number of ether oxygens (including phenoxy) is 2. The fraction of sp³-hybridized carbons (Fsp3) is 0.235. The summed E-state index contributed by atoms with van der Waals surface area (Å²) in [5.74, 6) is 1.51. The van der Waals surface area contributed by atoms with Gasteiger partial charge in [0.05, 0.1) is 0 Å². The van der Waals surface area contributed by atoms with Gasteiger partial charge in [-0.1, -0.05) is 37.3 Å². The first-order valence-corrected chi connectivity index (χ1v) is 6.96. The van der Waals surface area contributed by atoms with E-state index in [4.69, 9.17) is 20.6 Å². The predicted molar refractivity (Wildman–Crippen MR) is 83.8 cm³/mol. The van der Waals surface area contributed by atoms with Crippen molar-refractivity contribution in [1.29, 1.82) is 5.41 Å². The second kappa shape index (κ2) is 7.33. The molecule has 3 N–H and O–H groups in total. The van der Waals surface area contributed by atoms with Crippen molar-refractivity contribution in [2.24, 2.45) is 5.73 Å². The molecule has 110 valence electrons. The molecule has 0 aromatic heterocycles. The van der Waals surface area contributed by atoms with Crippen molar-refractivity contribution in [2.75, 3.05) is 0 Å². The maximum Gasteiger partial charge on any atom is 0.155 e. The average Bonchev–Trinajstić information content (AvgIpc) is 2.52. The maximum atomic E-state index is 7.43. The number of hydrogen-bond donors (Lipinski definition) is 2. The first-order chi connectivity index (χ1) is 10.2. The van der Waals surface area contributed by atoms with Crippen LogP contribution in [0.4, 0.5) is 0 Å². The quantitative estimate of drug-likeness (QED) is 0.605. The van der Waals surface area contributed by atoms with Gasteiger partial charge in [-0.25, -0.2) is 0 Å². The Morgan fingerprint density at radius 1 is 1.05 bits per heavy atom. The van der Waals surface area contributed by atoms with E-state index in [9.17, 15) is 0 Å². The Morgan fingerprint density at radius 3 is 2.24 bits per heavy atom. The summed E-state index contributed by atoms with van der Waals surface area (Å²) in [6.45, 7) is 2.47. The summed E-state index contributed by atoms with van der Waals surface area (Å²) >= 11 is 0. The minimum absolute atomic E-state index is 0.0434. The van der Waals surface area contributed by atoms with Crippen LogP contribution in [0, 0.1) is 5.41 Å². The Labute approximate surface area is 125 Å². The lowest BCUT2D eigenvalue weighted by Crippen LogP contribution is -2.32. The molecule has 0 aliphatic heterocycles. The van der Waals surface area contributed by atoms with Crippen LogP contribution in [-0.2, 0) is 6.61 Å². The molecule has 2 rings (SSSR count). The van der Waals surface area contributed by atoms with Crippen molar-refractivity contribution < 1.29 is 9.47 Å². The highest BCUT2D eigenvalue weighted by Gasteiger charge is 2.11. The van der Waals surface area contributed by atoms with Gasteiger partial charge in [-0.3, -0.25) is 5.41 Å². The van der Waals surface area contributed by atoms with E-state index in [0.717, 1.165) is 11.3 Å². The Morgan fingerprint density at radius 2 is 1.67 bits per heavy atom. The van der Waals surface area contributed by atoms with Crippen LogP contribution in [0.1, 0.15) is 18.9 Å². The maximum absolute atomic E-state index is 7.43. The number of amidine groups is 1. The topological polar surface area (TPSA) is 68.3 Å². The van der Waals surface area contributed by atoms with E-state index in [-0.39, 0.29) is 11.9 Å². The summed E-state index contributed by atoms with van der Waals surface area (Å²) < 4.78 is 11.3. The number of nitrogens with two attached hydrogens (primary N) is 1. The molecule has 0 aliphatic rings. The summed E-state index contributed by atoms with van der Waals surface area (Å²) in [6, 6.07) is 17.4. The molecule has 2 aromatic rings. The van der Waals surface area contributed by atoms with E-state index in [1.54, 1.807) is 0 Å². The van der Waals surface area contributed by atoms with Gasteiger partial charge in [0.15, 0.2) is 6.10 Å². The average molecular weight is 284 g/mol. The summed E-state index contributed by atoms with van der Waals surface area (Å²) in [5.41, 5.74) is 6.60. The summed E-state index contributed by atoms with van der Waals surface area (Å²) in [6.07, 6.45) is 0.294. The lowest BCUT2D eigenvalue weighted by molar-refractivity contribution is 0.259. The van der Waals surface area contributed by atoms with Gasteiger partial charge in [-0.15, -0.1) is 0 Å². The monoisotopic (exact) mass is 284 g/mol. The Hall–Kier alpha value is -2.49. The van der Waals surface area contributed by atoms with Crippen LogP contribution in [0.25, 0.3) is 0 Å². The van der Waals surface area contributed by atoms with Crippen molar-refractivity contribution in [3.8, 4) is 11.5 Å². The second-order valence-electron chi connectivity index (χ2n) is 4.72. The molecule has 0 bridgehead atoms. The van der Waals surface area contributed by atoms with E-state index in [1.165, 1.54) is 0 Å². The van der Waals surface area contributed by atoms with Crippen LogP contribution in [0.2, 0.25) is 0 Å². The van der Waals surface area contributed by atoms with Crippen LogP contribution < -0.4 is 15.2 Å². The zero-order valence-electron chi connectivity index (χ0n) is 12.1. The van der Waals surface area contributed by atoms with Gasteiger partial charge >= 0.3 is 0 Å². The molecule has 1 atom stereocenters. The molecule has 0 radical (unpaired) electrons. The number of benzene rings is 2. The Bertz CT molecular complexity index is 567. The highest BCUT2D eigenvalue weighted by atomic mass is 16.5. The van der Waals surface area contributed by atoms with Crippen molar-refractivity contribution in [2.45, 2.75) is 26.1 Å². The molecule has 0 amide bonds. The van der Waals surface area contributed by atoms with Crippen molar-refractivity contribution in [3.63, 3.8) is 0 Å². The van der Waals surface area contributed by atoms with Crippen LogP contribution in [0.5, 0.6) is 11.5 Å². The summed E-state index contributed by atoms with van der Waals surface area (Å²) in [5, 5.41) is 7.43. The minimum Gasteiger partial charge on any atom is -0.489 e. The lowest BCUT2D eigenvalue weighted by Gasteiger charge is -2.16. The third-order valence-corrected chi connectivity index (χ3v) is 3.07. The van der Waals surface area contributed by atoms with Gasteiger partial charge < -0.3 is 15.2 Å². The molecule has 0 heterocycles. The summed E-state index contributed by atoms with van der Waals surface area (Å²) in [7, 11) is 0. The van der Waals surface area contributed by atoms with E-state index in [2.05, 4.69) is 0 Å². The lowest BCUT2D eigenvalue weighted by atomic mass is 10.2. The first-order valence-electron chi connectivity index (χ1n) is 6.96. The smallest absolute Gasteiger partial charge is 0.155 e. The highest BCUT2D eigenvalue weighted by molar-refractivity contribution is 5.81. The first kappa shape index (κ1) is 14.9. The van der Waals surface area contributed by atoms with Gasteiger partial charge in [0, 0.05) is 0 Å². The Kier molecular flexibility index (Phi) is 5.21. The predicted octanol–water partition coefficient (Wildman–Crippen LogP) is 3.36. The SMILES string of the molecule is CCC(Oc1ccc(OCc2ccccc2)cc1)C(=N)N. The summed E-state index contributed by atoms with van der Waals surface area (Å²) in [4.78, 5) is 0. The molecule has 4 nitrogen and oxygen atoms in total. The van der Waals surface area contributed by atoms with Gasteiger partial charge in [-0.05, 0) is 36.2 Å². The number of nitrogens with one attached hydrogen (secondary N) is 1. The van der Waals surface area contributed by atoms with E-state index >= 15 is 0 Å². The molecular weight excluding hydrogens is 264 g/mol. The minimum atomic E-state index is -0.374. The normalized spacial score (nSPS) is 11.7. The van der Waals surface area contributed by atoms with E-state index in [0.29, 0.717) is 18.8 Å². The Balaban J connectivity index is 1.91. The number of rotatable bonds is 7. The van der Waals surface area contributed by atoms with Crippen molar-refractivity contribution >= 4 is 5.84 Å². The molecular formula is C17H20N2O2. The molecule has 0 aliphatic carbocycles.